The van der Waals surface area contributed by atoms with Crippen LogP contribution in [0.1, 0.15) is 27.0 Å². The molecule has 0 spiro atoms. The zero-order valence-corrected chi connectivity index (χ0v) is 15.4. The van der Waals surface area contributed by atoms with Crippen molar-refractivity contribution in [2.24, 2.45) is 0 Å². The van der Waals surface area contributed by atoms with E-state index in [4.69, 9.17) is 4.74 Å². The van der Waals surface area contributed by atoms with Crippen LogP contribution in [0.15, 0.2) is 72.8 Å². The van der Waals surface area contributed by atoms with Crippen LogP contribution in [0.25, 0.3) is 16.6 Å². The lowest BCUT2D eigenvalue weighted by Gasteiger charge is -2.11. The van der Waals surface area contributed by atoms with E-state index >= 15 is 0 Å². The second-order valence-corrected chi connectivity index (χ2v) is 6.84. The number of hydrogen-bond donors (Lipinski definition) is 1. The third-order valence-electron chi connectivity index (χ3n) is 5.10. The first-order valence-electron chi connectivity index (χ1n) is 9.28. The van der Waals surface area contributed by atoms with Crippen LogP contribution in [0.3, 0.4) is 0 Å². The number of hydrogen-bond acceptors (Lipinski definition) is 4. The Morgan fingerprint density at radius 2 is 1.90 bits per heavy atom. The Hall–Kier alpha value is -3.93. The lowest BCUT2D eigenvalue weighted by Crippen LogP contribution is -2.01. The van der Waals surface area contributed by atoms with Crippen LogP contribution in [0.5, 0.6) is 5.75 Å². The topological polar surface area (TPSA) is 77.2 Å². The van der Waals surface area contributed by atoms with Gasteiger partial charge in [-0.3, -0.25) is 0 Å². The number of ether oxygens (including phenoxy) is 1. The fourth-order valence-electron chi connectivity index (χ4n) is 3.66. The Bertz CT molecular complexity index is 1270. The number of carbonyl (C=O) groups is 1. The number of fused-ring (bicyclic) bond motifs is 3. The van der Waals surface area contributed by atoms with E-state index in [9.17, 15) is 9.90 Å². The fourth-order valence-corrected chi connectivity index (χ4v) is 3.66. The van der Waals surface area contributed by atoms with Crippen LogP contribution in [0, 0.1) is 0 Å². The maximum Gasteiger partial charge on any atom is 0.335 e. The van der Waals surface area contributed by atoms with E-state index in [1.165, 1.54) is 0 Å². The summed E-state index contributed by atoms with van der Waals surface area (Å²) in [5, 5.41) is 17.9. The standard InChI is InChI=1S/C23H17N3O3/c27-23(28)15-9-10-22-19(13-15)18(17-6-2-1-5-16(17)14-29-22)11-12-26-21-8-4-3-7-20(21)24-25-26/h1-11,13H,12,14H2,(H,27,28)/b18-11+. The van der Waals surface area contributed by atoms with E-state index in [1.807, 2.05) is 53.2 Å². The van der Waals surface area contributed by atoms with Gasteiger partial charge in [0.15, 0.2) is 0 Å². The average molecular weight is 383 g/mol. The lowest BCUT2D eigenvalue weighted by atomic mass is 9.93. The molecule has 0 unspecified atom stereocenters. The Kier molecular flexibility index (Phi) is 4.09. The minimum absolute atomic E-state index is 0.226. The molecule has 0 radical (unpaired) electrons. The number of nitrogens with zero attached hydrogens (tertiary/aromatic N) is 3. The van der Waals surface area contributed by atoms with Crippen molar-refractivity contribution in [3.63, 3.8) is 0 Å². The molecule has 6 nitrogen and oxygen atoms in total. The van der Waals surface area contributed by atoms with Gasteiger partial charge in [0, 0.05) is 5.56 Å². The molecule has 2 heterocycles. The Morgan fingerprint density at radius 3 is 2.79 bits per heavy atom. The number of rotatable bonds is 3. The molecule has 1 N–H and O–H groups in total. The monoisotopic (exact) mass is 383 g/mol. The molecule has 1 aliphatic rings. The van der Waals surface area contributed by atoms with E-state index in [0.717, 1.165) is 33.3 Å². The smallest absolute Gasteiger partial charge is 0.335 e. The first kappa shape index (κ1) is 17.2. The molecule has 5 rings (SSSR count). The van der Waals surface area contributed by atoms with Crippen molar-refractivity contribution in [3.8, 4) is 5.75 Å². The van der Waals surface area contributed by atoms with E-state index < -0.39 is 5.97 Å². The van der Waals surface area contributed by atoms with Crippen molar-refractivity contribution in [3.05, 3.63) is 95.1 Å². The van der Waals surface area contributed by atoms with Crippen LogP contribution in [-0.2, 0) is 13.2 Å². The summed E-state index contributed by atoms with van der Waals surface area (Å²) in [6.45, 7) is 0.931. The summed E-state index contributed by atoms with van der Waals surface area (Å²) in [5.74, 6) is -0.298. The van der Waals surface area contributed by atoms with Gasteiger partial charge < -0.3 is 9.84 Å². The zero-order chi connectivity index (χ0) is 19.8. The molecule has 0 saturated carbocycles. The Balaban J connectivity index is 1.66. The maximum absolute atomic E-state index is 11.5. The molecule has 4 aromatic rings. The van der Waals surface area contributed by atoms with E-state index in [1.54, 1.807) is 18.2 Å². The normalized spacial score (nSPS) is 14.1. The van der Waals surface area contributed by atoms with Crippen molar-refractivity contribution in [1.82, 2.24) is 15.0 Å². The van der Waals surface area contributed by atoms with Gasteiger partial charge >= 0.3 is 5.97 Å². The molecule has 0 amide bonds. The van der Waals surface area contributed by atoms with Crippen LogP contribution in [0.4, 0.5) is 0 Å². The SMILES string of the molecule is O=C(O)c1ccc2c(c1)/C(=C/Cn1nnc3ccccc31)c1ccccc1CO2. The minimum Gasteiger partial charge on any atom is -0.488 e. The van der Waals surface area contributed by atoms with Crippen LogP contribution in [-0.4, -0.2) is 26.1 Å². The van der Waals surface area contributed by atoms with Gasteiger partial charge in [-0.2, -0.15) is 0 Å². The number of aromatic carboxylic acids is 1. The quantitative estimate of drug-likeness (QED) is 0.575. The second-order valence-electron chi connectivity index (χ2n) is 6.84. The molecular formula is C23H17N3O3. The molecular weight excluding hydrogens is 366 g/mol. The molecule has 0 bridgehead atoms. The highest BCUT2D eigenvalue weighted by atomic mass is 16.5. The number of allylic oxidation sites excluding steroid dienone is 1. The maximum atomic E-state index is 11.5. The highest BCUT2D eigenvalue weighted by Gasteiger charge is 2.20. The van der Waals surface area contributed by atoms with Gasteiger partial charge in [-0.25, -0.2) is 9.48 Å². The third-order valence-corrected chi connectivity index (χ3v) is 5.10. The number of carboxylic acid groups (broad SMARTS) is 1. The van der Waals surface area contributed by atoms with E-state index in [-0.39, 0.29) is 5.56 Å². The molecule has 1 aliphatic heterocycles. The Morgan fingerprint density at radius 1 is 1.07 bits per heavy atom. The molecule has 0 atom stereocenters. The van der Waals surface area contributed by atoms with Crippen molar-refractivity contribution < 1.29 is 14.6 Å². The van der Waals surface area contributed by atoms with Gasteiger partial charge in [-0.05, 0) is 47.0 Å². The van der Waals surface area contributed by atoms with Crippen molar-refractivity contribution in [2.75, 3.05) is 0 Å². The molecule has 29 heavy (non-hydrogen) atoms. The van der Waals surface area contributed by atoms with Gasteiger partial charge in [-0.15, -0.1) is 5.10 Å². The summed E-state index contributed by atoms with van der Waals surface area (Å²) in [6.07, 6.45) is 2.05. The second kappa shape index (κ2) is 6.91. The van der Waals surface area contributed by atoms with Gasteiger partial charge in [-0.1, -0.05) is 47.7 Å². The van der Waals surface area contributed by atoms with Crippen molar-refractivity contribution in [1.29, 1.82) is 0 Å². The highest BCUT2D eigenvalue weighted by molar-refractivity contribution is 5.92. The third kappa shape index (κ3) is 3.04. The molecule has 6 heteroatoms. The molecule has 142 valence electrons. The minimum atomic E-state index is -0.966. The predicted molar refractivity (Wildman–Crippen MR) is 109 cm³/mol. The van der Waals surface area contributed by atoms with Gasteiger partial charge in [0.2, 0.25) is 0 Å². The lowest BCUT2D eigenvalue weighted by molar-refractivity contribution is 0.0697. The first-order valence-corrected chi connectivity index (χ1v) is 9.28. The number of carboxylic acids is 1. The Labute approximate surface area is 166 Å². The van der Waals surface area contributed by atoms with Crippen LogP contribution < -0.4 is 4.74 Å². The summed E-state index contributed by atoms with van der Waals surface area (Å²) in [6, 6.07) is 20.8. The predicted octanol–water partition coefficient (Wildman–Crippen LogP) is 4.15. The van der Waals surface area contributed by atoms with Crippen molar-refractivity contribution >= 4 is 22.6 Å². The average Bonchev–Trinajstić information content (AvgIpc) is 3.09. The number of para-hydroxylation sites is 1. The zero-order valence-electron chi connectivity index (χ0n) is 15.4. The van der Waals surface area contributed by atoms with E-state index in [2.05, 4.69) is 16.4 Å². The summed E-state index contributed by atoms with van der Waals surface area (Å²) < 4.78 is 7.81. The molecule has 3 aromatic carbocycles. The van der Waals surface area contributed by atoms with Crippen LogP contribution in [0.2, 0.25) is 0 Å². The van der Waals surface area contributed by atoms with Crippen LogP contribution >= 0.6 is 0 Å². The van der Waals surface area contributed by atoms with Gasteiger partial charge in [0.25, 0.3) is 0 Å². The van der Waals surface area contributed by atoms with Gasteiger partial charge in [0.05, 0.1) is 17.6 Å². The summed E-state index contributed by atoms with van der Waals surface area (Å²) >= 11 is 0. The molecule has 1 aromatic heterocycles. The number of benzene rings is 3. The van der Waals surface area contributed by atoms with Gasteiger partial charge in [0.1, 0.15) is 17.9 Å². The van der Waals surface area contributed by atoms with Crippen molar-refractivity contribution in [2.45, 2.75) is 13.2 Å². The van der Waals surface area contributed by atoms with E-state index in [0.29, 0.717) is 18.9 Å². The summed E-state index contributed by atoms with van der Waals surface area (Å²) in [5.41, 5.74) is 5.78. The summed E-state index contributed by atoms with van der Waals surface area (Å²) in [4.78, 5) is 11.5. The fraction of sp³-hybridized carbons (Fsp3) is 0.0870. The molecule has 0 fully saturated rings. The molecule has 0 saturated heterocycles. The highest BCUT2D eigenvalue weighted by Crippen LogP contribution is 2.37. The molecule has 0 aliphatic carbocycles. The first-order chi connectivity index (χ1) is 14.2. The number of aromatic nitrogens is 3. The largest absolute Gasteiger partial charge is 0.488 e. The summed E-state index contributed by atoms with van der Waals surface area (Å²) in [7, 11) is 0.